The number of carbonyl (C=O) groups excluding carboxylic acids is 1. The molecule has 1 aliphatic heterocycles. The van der Waals surface area contributed by atoms with Gasteiger partial charge >= 0.3 is 12.0 Å². The second-order valence-corrected chi connectivity index (χ2v) is 6.05. The van der Waals surface area contributed by atoms with E-state index in [1.165, 1.54) is 4.90 Å². The molecule has 1 heterocycles. The minimum absolute atomic E-state index is 0.0598. The van der Waals surface area contributed by atoms with Gasteiger partial charge in [0.25, 0.3) is 0 Å². The molecule has 1 N–H and O–H groups in total. The molecule has 0 aromatic rings. The van der Waals surface area contributed by atoms with Crippen LogP contribution in [0.15, 0.2) is 0 Å². The number of carboxylic acids is 1. The molecule has 0 saturated carbocycles. The van der Waals surface area contributed by atoms with E-state index in [1.807, 2.05) is 32.8 Å². The number of urea groups is 1. The maximum Gasteiger partial charge on any atom is 0.328 e. The highest BCUT2D eigenvalue weighted by molar-refractivity contribution is 5.83. The summed E-state index contributed by atoms with van der Waals surface area (Å²) in [5, 5.41) is 9.24. The quantitative estimate of drug-likeness (QED) is 0.769. The molecule has 0 spiro atoms. The lowest BCUT2D eigenvalue weighted by molar-refractivity contribution is -0.147. The van der Waals surface area contributed by atoms with Crippen molar-refractivity contribution in [2.45, 2.75) is 19.9 Å². The topological polar surface area (TPSA) is 73.3 Å². The van der Waals surface area contributed by atoms with Crippen LogP contribution in [0.2, 0.25) is 0 Å². The van der Waals surface area contributed by atoms with Crippen LogP contribution in [-0.2, 0) is 9.53 Å². The second kappa shape index (κ2) is 8.19. The monoisotopic (exact) mass is 301 g/mol. The molecule has 0 bridgehead atoms. The highest BCUT2D eigenvalue weighted by Gasteiger charge is 2.35. The van der Waals surface area contributed by atoms with Crippen molar-refractivity contribution < 1.29 is 19.4 Å². The van der Waals surface area contributed by atoms with Crippen LogP contribution in [-0.4, -0.2) is 91.3 Å². The number of carboxylic acid groups (broad SMARTS) is 1. The first kappa shape index (κ1) is 17.7. The number of aliphatic carboxylic acids is 1. The van der Waals surface area contributed by atoms with Gasteiger partial charge < -0.3 is 24.5 Å². The normalized spacial score (nSPS) is 19.1. The Hall–Kier alpha value is -1.34. The third-order valence-electron chi connectivity index (χ3n) is 3.33. The van der Waals surface area contributed by atoms with Gasteiger partial charge in [0.1, 0.15) is 0 Å². The Kier molecular flexibility index (Phi) is 6.91. The van der Waals surface area contributed by atoms with Crippen molar-refractivity contribution in [2.75, 3.05) is 53.5 Å². The van der Waals surface area contributed by atoms with Gasteiger partial charge in [-0.15, -0.1) is 0 Å². The molecule has 1 atom stereocenters. The van der Waals surface area contributed by atoms with Crippen LogP contribution in [0.4, 0.5) is 4.79 Å². The molecule has 1 unspecified atom stereocenters. The van der Waals surface area contributed by atoms with Gasteiger partial charge in [-0.3, -0.25) is 0 Å². The average Bonchev–Trinajstić information content (AvgIpc) is 2.42. The van der Waals surface area contributed by atoms with Crippen molar-refractivity contribution in [2.24, 2.45) is 5.92 Å². The van der Waals surface area contributed by atoms with E-state index in [0.717, 1.165) is 6.54 Å². The van der Waals surface area contributed by atoms with E-state index >= 15 is 0 Å². The average molecular weight is 301 g/mol. The van der Waals surface area contributed by atoms with Gasteiger partial charge in [0.2, 0.25) is 0 Å². The van der Waals surface area contributed by atoms with Gasteiger partial charge in [-0.2, -0.15) is 0 Å². The van der Waals surface area contributed by atoms with Crippen molar-refractivity contribution in [1.29, 1.82) is 0 Å². The first-order valence-electron chi connectivity index (χ1n) is 7.33. The minimum Gasteiger partial charge on any atom is -0.480 e. The number of ether oxygens (including phenoxy) is 1. The number of carbonyl (C=O) groups is 2. The van der Waals surface area contributed by atoms with Gasteiger partial charge in [0, 0.05) is 26.2 Å². The summed E-state index contributed by atoms with van der Waals surface area (Å²) in [4.78, 5) is 29.1. The highest BCUT2D eigenvalue weighted by Crippen LogP contribution is 2.12. The Morgan fingerprint density at radius 3 is 2.52 bits per heavy atom. The minimum atomic E-state index is -1.01. The number of rotatable bonds is 6. The van der Waals surface area contributed by atoms with Gasteiger partial charge in [-0.1, -0.05) is 13.8 Å². The van der Waals surface area contributed by atoms with Crippen molar-refractivity contribution in [3.63, 3.8) is 0 Å². The van der Waals surface area contributed by atoms with E-state index in [4.69, 9.17) is 4.74 Å². The lowest BCUT2D eigenvalue weighted by Crippen LogP contribution is -2.57. The standard InChI is InChI=1S/C14H27N3O4/c1-11(2)9-16(6-5-15(3)4)14(20)17-7-8-21-10-12(17)13(18)19/h11-12H,5-10H2,1-4H3,(H,18,19). The van der Waals surface area contributed by atoms with Crippen LogP contribution in [0, 0.1) is 5.92 Å². The van der Waals surface area contributed by atoms with Crippen LogP contribution in [0.3, 0.4) is 0 Å². The molecule has 0 aromatic carbocycles. The zero-order valence-electron chi connectivity index (χ0n) is 13.4. The van der Waals surface area contributed by atoms with E-state index in [-0.39, 0.29) is 12.6 Å². The maximum atomic E-state index is 12.7. The van der Waals surface area contributed by atoms with Crippen molar-refractivity contribution in [3.05, 3.63) is 0 Å². The number of morpholine rings is 1. The van der Waals surface area contributed by atoms with Gasteiger partial charge in [-0.25, -0.2) is 9.59 Å². The third kappa shape index (κ3) is 5.51. The van der Waals surface area contributed by atoms with Gasteiger partial charge in [0.15, 0.2) is 6.04 Å². The lowest BCUT2D eigenvalue weighted by Gasteiger charge is -2.37. The summed E-state index contributed by atoms with van der Waals surface area (Å²) in [6.07, 6.45) is 0. The molecule has 1 saturated heterocycles. The maximum absolute atomic E-state index is 12.7. The summed E-state index contributed by atoms with van der Waals surface area (Å²) >= 11 is 0. The number of nitrogens with zero attached hydrogens (tertiary/aromatic N) is 3. The molecule has 122 valence electrons. The molecule has 1 rings (SSSR count). The fraction of sp³-hybridized carbons (Fsp3) is 0.857. The Balaban J connectivity index is 2.78. The van der Waals surface area contributed by atoms with Gasteiger partial charge in [-0.05, 0) is 20.0 Å². The van der Waals surface area contributed by atoms with Crippen LogP contribution in [0.5, 0.6) is 0 Å². The molecule has 2 amide bonds. The van der Waals surface area contributed by atoms with Crippen molar-refractivity contribution in [1.82, 2.24) is 14.7 Å². The fourth-order valence-corrected chi connectivity index (χ4v) is 2.25. The Morgan fingerprint density at radius 1 is 1.33 bits per heavy atom. The fourth-order valence-electron chi connectivity index (χ4n) is 2.25. The van der Waals surface area contributed by atoms with E-state index < -0.39 is 12.0 Å². The summed E-state index contributed by atoms with van der Waals surface area (Å²) < 4.78 is 5.18. The molecule has 1 fully saturated rings. The summed E-state index contributed by atoms with van der Waals surface area (Å²) in [6, 6.07) is -1.10. The Morgan fingerprint density at radius 2 is 2.00 bits per heavy atom. The number of hydrogen-bond donors (Lipinski definition) is 1. The number of amides is 2. The molecular weight excluding hydrogens is 274 g/mol. The van der Waals surface area contributed by atoms with E-state index in [1.54, 1.807) is 4.90 Å². The SMILES string of the molecule is CC(C)CN(CCN(C)C)C(=O)N1CCOCC1C(=O)O. The zero-order chi connectivity index (χ0) is 16.0. The van der Waals surface area contributed by atoms with E-state index in [2.05, 4.69) is 0 Å². The summed E-state index contributed by atoms with van der Waals surface area (Å²) in [7, 11) is 3.90. The van der Waals surface area contributed by atoms with Crippen LogP contribution in [0.25, 0.3) is 0 Å². The molecule has 1 aliphatic rings. The van der Waals surface area contributed by atoms with E-state index in [0.29, 0.717) is 32.2 Å². The molecule has 21 heavy (non-hydrogen) atoms. The van der Waals surface area contributed by atoms with Crippen LogP contribution < -0.4 is 0 Å². The predicted octanol–water partition coefficient (Wildman–Crippen LogP) is 0.411. The van der Waals surface area contributed by atoms with Crippen molar-refractivity contribution >= 4 is 12.0 Å². The summed E-state index contributed by atoms with van der Waals surface area (Å²) in [5.74, 6) is -0.680. The molecule has 7 heteroatoms. The van der Waals surface area contributed by atoms with Crippen LogP contribution in [0.1, 0.15) is 13.8 Å². The summed E-state index contributed by atoms with van der Waals surface area (Å²) in [5.41, 5.74) is 0. The molecule has 7 nitrogen and oxygen atoms in total. The Bertz CT molecular complexity index is 360. The first-order valence-corrected chi connectivity index (χ1v) is 7.33. The number of hydrogen-bond acceptors (Lipinski definition) is 4. The number of likely N-dealkylation sites (N-methyl/N-ethyl adjacent to an activating group) is 1. The smallest absolute Gasteiger partial charge is 0.328 e. The first-order chi connectivity index (χ1) is 9.82. The highest BCUT2D eigenvalue weighted by atomic mass is 16.5. The second-order valence-electron chi connectivity index (χ2n) is 6.05. The largest absolute Gasteiger partial charge is 0.480 e. The molecule has 0 aliphatic carbocycles. The van der Waals surface area contributed by atoms with E-state index in [9.17, 15) is 14.7 Å². The summed E-state index contributed by atoms with van der Waals surface area (Å²) in [6.45, 7) is 6.83. The van der Waals surface area contributed by atoms with Gasteiger partial charge in [0.05, 0.1) is 13.2 Å². The van der Waals surface area contributed by atoms with Crippen LogP contribution >= 0.6 is 0 Å². The molecule has 0 radical (unpaired) electrons. The Labute approximate surface area is 126 Å². The molecular formula is C14H27N3O4. The predicted molar refractivity (Wildman–Crippen MR) is 79.3 cm³/mol. The lowest BCUT2D eigenvalue weighted by atomic mass is 10.2. The van der Waals surface area contributed by atoms with Crippen molar-refractivity contribution in [3.8, 4) is 0 Å². The third-order valence-corrected chi connectivity index (χ3v) is 3.33. The molecule has 0 aromatic heterocycles. The zero-order valence-corrected chi connectivity index (χ0v) is 13.4.